The third-order valence-corrected chi connectivity index (χ3v) is 4.58. The molecule has 0 aromatic heterocycles. The SMILES string of the molecule is CCC(=O)N1CCc2cc(C(=O)NCCOc3ccccc3C)ccc21. The van der Waals surface area contributed by atoms with Crippen LogP contribution in [0.2, 0.25) is 0 Å². The Morgan fingerprint density at radius 3 is 2.77 bits per heavy atom. The van der Waals surface area contributed by atoms with Crippen molar-refractivity contribution in [3.8, 4) is 5.75 Å². The highest BCUT2D eigenvalue weighted by atomic mass is 16.5. The molecule has 2 aromatic carbocycles. The average Bonchev–Trinajstić information content (AvgIpc) is 3.09. The first-order chi connectivity index (χ1) is 12.6. The van der Waals surface area contributed by atoms with Gasteiger partial charge < -0.3 is 15.0 Å². The van der Waals surface area contributed by atoms with Gasteiger partial charge in [-0.05, 0) is 48.7 Å². The number of hydrogen-bond acceptors (Lipinski definition) is 3. The summed E-state index contributed by atoms with van der Waals surface area (Å²) in [7, 11) is 0. The Kier molecular flexibility index (Phi) is 5.56. The number of ether oxygens (including phenoxy) is 1. The number of benzene rings is 2. The maximum atomic E-state index is 12.3. The van der Waals surface area contributed by atoms with Gasteiger partial charge in [0.15, 0.2) is 0 Å². The molecule has 136 valence electrons. The van der Waals surface area contributed by atoms with Gasteiger partial charge in [-0.1, -0.05) is 25.1 Å². The summed E-state index contributed by atoms with van der Waals surface area (Å²) in [6.45, 7) is 5.40. The molecule has 1 N–H and O–H groups in total. The highest BCUT2D eigenvalue weighted by Gasteiger charge is 2.24. The van der Waals surface area contributed by atoms with Crippen LogP contribution in [0.15, 0.2) is 42.5 Å². The monoisotopic (exact) mass is 352 g/mol. The predicted molar refractivity (Wildman–Crippen MR) is 102 cm³/mol. The van der Waals surface area contributed by atoms with Gasteiger partial charge in [0.05, 0.1) is 6.54 Å². The van der Waals surface area contributed by atoms with Crippen LogP contribution in [-0.4, -0.2) is 31.5 Å². The molecule has 1 aliphatic rings. The second kappa shape index (κ2) is 8.04. The Labute approximate surface area is 154 Å². The van der Waals surface area contributed by atoms with Gasteiger partial charge in [0.25, 0.3) is 5.91 Å². The van der Waals surface area contributed by atoms with Crippen molar-refractivity contribution in [1.82, 2.24) is 5.32 Å². The maximum Gasteiger partial charge on any atom is 0.251 e. The molecule has 1 aliphatic heterocycles. The average molecular weight is 352 g/mol. The van der Waals surface area contributed by atoms with Crippen molar-refractivity contribution in [2.75, 3.05) is 24.6 Å². The Balaban J connectivity index is 1.54. The molecule has 0 saturated carbocycles. The van der Waals surface area contributed by atoms with Crippen molar-refractivity contribution in [2.24, 2.45) is 0 Å². The Morgan fingerprint density at radius 2 is 2.00 bits per heavy atom. The normalized spacial score (nSPS) is 12.6. The van der Waals surface area contributed by atoms with Gasteiger partial charge in [-0.3, -0.25) is 9.59 Å². The van der Waals surface area contributed by atoms with E-state index in [4.69, 9.17) is 4.74 Å². The summed E-state index contributed by atoms with van der Waals surface area (Å²) in [4.78, 5) is 26.1. The number of aryl methyl sites for hydroxylation is 1. The van der Waals surface area contributed by atoms with Crippen LogP contribution in [0.25, 0.3) is 0 Å². The van der Waals surface area contributed by atoms with Gasteiger partial charge in [-0.2, -0.15) is 0 Å². The minimum absolute atomic E-state index is 0.120. The molecular formula is C21H24N2O3. The molecule has 5 heteroatoms. The van der Waals surface area contributed by atoms with E-state index < -0.39 is 0 Å². The van der Waals surface area contributed by atoms with E-state index in [-0.39, 0.29) is 11.8 Å². The Morgan fingerprint density at radius 1 is 1.19 bits per heavy atom. The molecule has 1 heterocycles. The van der Waals surface area contributed by atoms with Crippen LogP contribution in [0.3, 0.4) is 0 Å². The predicted octanol–water partition coefficient (Wildman–Crippen LogP) is 3.10. The number of para-hydroxylation sites is 1. The molecule has 0 bridgehead atoms. The second-order valence-electron chi connectivity index (χ2n) is 6.36. The molecule has 2 amide bonds. The van der Waals surface area contributed by atoms with Gasteiger partial charge in [0.2, 0.25) is 5.91 Å². The van der Waals surface area contributed by atoms with Crippen molar-refractivity contribution in [3.63, 3.8) is 0 Å². The molecule has 0 atom stereocenters. The molecular weight excluding hydrogens is 328 g/mol. The number of amides is 2. The molecule has 5 nitrogen and oxygen atoms in total. The van der Waals surface area contributed by atoms with Gasteiger partial charge in [-0.15, -0.1) is 0 Å². The number of carbonyl (C=O) groups is 2. The van der Waals surface area contributed by atoms with E-state index in [9.17, 15) is 9.59 Å². The first kappa shape index (κ1) is 18.0. The standard InChI is InChI=1S/C21H24N2O3/c1-3-20(24)23-12-10-16-14-17(8-9-18(16)23)21(25)22-11-13-26-19-7-5-4-6-15(19)2/h4-9,14H,3,10-13H2,1-2H3,(H,22,25). The number of nitrogens with zero attached hydrogens (tertiary/aromatic N) is 1. The van der Waals surface area contributed by atoms with Gasteiger partial charge in [-0.25, -0.2) is 0 Å². The molecule has 0 saturated heterocycles. The summed E-state index contributed by atoms with van der Waals surface area (Å²) in [6.07, 6.45) is 1.28. The van der Waals surface area contributed by atoms with Gasteiger partial charge in [0.1, 0.15) is 12.4 Å². The number of anilines is 1. The van der Waals surface area contributed by atoms with E-state index in [2.05, 4.69) is 5.32 Å². The zero-order chi connectivity index (χ0) is 18.5. The van der Waals surface area contributed by atoms with Crippen LogP contribution in [0.4, 0.5) is 5.69 Å². The van der Waals surface area contributed by atoms with E-state index >= 15 is 0 Å². The molecule has 3 rings (SSSR count). The summed E-state index contributed by atoms with van der Waals surface area (Å²) in [5.74, 6) is 0.829. The Bertz CT molecular complexity index is 817. The fourth-order valence-electron chi connectivity index (χ4n) is 3.14. The maximum absolute atomic E-state index is 12.3. The van der Waals surface area contributed by atoms with E-state index in [1.807, 2.05) is 50.2 Å². The molecule has 2 aromatic rings. The zero-order valence-corrected chi connectivity index (χ0v) is 15.2. The number of hydrogen-bond donors (Lipinski definition) is 1. The minimum Gasteiger partial charge on any atom is -0.491 e. The molecule has 26 heavy (non-hydrogen) atoms. The smallest absolute Gasteiger partial charge is 0.251 e. The first-order valence-corrected chi connectivity index (χ1v) is 9.00. The number of nitrogens with one attached hydrogen (secondary N) is 1. The topological polar surface area (TPSA) is 58.6 Å². The molecule has 0 radical (unpaired) electrons. The third kappa shape index (κ3) is 3.87. The summed E-state index contributed by atoms with van der Waals surface area (Å²) in [6, 6.07) is 13.3. The van der Waals surface area contributed by atoms with Crippen LogP contribution in [0.5, 0.6) is 5.75 Å². The third-order valence-electron chi connectivity index (χ3n) is 4.58. The number of rotatable bonds is 6. The van der Waals surface area contributed by atoms with E-state index in [0.717, 1.165) is 29.0 Å². The van der Waals surface area contributed by atoms with Crippen molar-refractivity contribution >= 4 is 17.5 Å². The molecule has 0 fully saturated rings. The summed E-state index contributed by atoms with van der Waals surface area (Å²) in [5.41, 5.74) is 3.67. The summed E-state index contributed by atoms with van der Waals surface area (Å²) < 4.78 is 5.69. The lowest BCUT2D eigenvalue weighted by molar-refractivity contribution is -0.118. The number of fused-ring (bicyclic) bond motifs is 1. The van der Waals surface area contributed by atoms with E-state index in [1.54, 1.807) is 11.0 Å². The van der Waals surface area contributed by atoms with Crippen molar-refractivity contribution in [1.29, 1.82) is 0 Å². The lowest BCUT2D eigenvalue weighted by atomic mass is 10.1. The molecule has 0 aliphatic carbocycles. The number of carbonyl (C=O) groups excluding carboxylic acids is 2. The second-order valence-corrected chi connectivity index (χ2v) is 6.36. The largest absolute Gasteiger partial charge is 0.491 e. The highest BCUT2D eigenvalue weighted by Crippen LogP contribution is 2.29. The summed E-state index contributed by atoms with van der Waals surface area (Å²) in [5, 5.41) is 2.88. The van der Waals surface area contributed by atoms with E-state index in [1.165, 1.54) is 0 Å². The fourth-order valence-corrected chi connectivity index (χ4v) is 3.14. The van der Waals surface area contributed by atoms with Crippen molar-refractivity contribution < 1.29 is 14.3 Å². The van der Waals surface area contributed by atoms with Crippen LogP contribution >= 0.6 is 0 Å². The first-order valence-electron chi connectivity index (χ1n) is 9.00. The lowest BCUT2D eigenvalue weighted by Crippen LogP contribution is -2.28. The lowest BCUT2D eigenvalue weighted by Gasteiger charge is -2.16. The van der Waals surface area contributed by atoms with Crippen LogP contribution in [0.1, 0.15) is 34.8 Å². The van der Waals surface area contributed by atoms with Gasteiger partial charge >= 0.3 is 0 Å². The van der Waals surface area contributed by atoms with Crippen LogP contribution in [-0.2, 0) is 11.2 Å². The minimum atomic E-state index is -0.124. The molecule has 0 unspecified atom stereocenters. The molecule has 0 spiro atoms. The quantitative estimate of drug-likeness (QED) is 0.813. The fraction of sp³-hybridized carbons (Fsp3) is 0.333. The van der Waals surface area contributed by atoms with Crippen molar-refractivity contribution in [3.05, 3.63) is 59.2 Å². The van der Waals surface area contributed by atoms with Crippen molar-refractivity contribution in [2.45, 2.75) is 26.7 Å². The van der Waals surface area contributed by atoms with Crippen LogP contribution < -0.4 is 15.0 Å². The highest BCUT2D eigenvalue weighted by molar-refractivity contribution is 5.98. The zero-order valence-electron chi connectivity index (χ0n) is 15.2. The van der Waals surface area contributed by atoms with Gasteiger partial charge in [0, 0.05) is 24.2 Å². The Hall–Kier alpha value is -2.82. The summed E-state index contributed by atoms with van der Waals surface area (Å²) >= 11 is 0. The van der Waals surface area contributed by atoms with Crippen LogP contribution in [0, 0.1) is 6.92 Å². The van der Waals surface area contributed by atoms with E-state index in [0.29, 0.717) is 31.7 Å².